The van der Waals surface area contributed by atoms with Crippen LogP contribution in [-0.4, -0.2) is 40.8 Å². The molecule has 2 heterocycles. The summed E-state index contributed by atoms with van der Waals surface area (Å²) >= 11 is 5.20. The van der Waals surface area contributed by atoms with Gasteiger partial charge in [0, 0.05) is 0 Å². The first-order chi connectivity index (χ1) is 12.1. The van der Waals surface area contributed by atoms with Crippen molar-refractivity contribution in [1.82, 2.24) is 4.90 Å². The molecule has 1 aliphatic heterocycles. The van der Waals surface area contributed by atoms with E-state index in [1.807, 2.05) is 0 Å². The number of hydrogen-bond acceptors (Lipinski definition) is 8. The Morgan fingerprint density at radius 1 is 1.31 bits per heavy atom. The van der Waals surface area contributed by atoms with Crippen LogP contribution in [0, 0.1) is 0 Å². The summed E-state index contributed by atoms with van der Waals surface area (Å²) in [7, 11) is -3.82. The van der Waals surface area contributed by atoms with E-state index in [4.69, 9.17) is 35.2 Å². The van der Waals surface area contributed by atoms with Crippen LogP contribution in [0.4, 0.5) is 4.79 Å². The second-order valence-corrected chi connectivity index (χ2v) is 8.93. The van der Waals surface area contributed by atoms with Gasteiger partial charge >= 0.3 is 13.7 Å². The molecule has 0 saturated carbocycles. The number of amides is 1. The SMILES string of the molecule is CCOP(=O)(OCC)[C@H]1[C@H](c2ccco2)OC(=S)N1C(=O)OC(C)(C)C. The topological polar surface area (TPSA) is 87.4 Å². The zero-order valence-corrected chi connectivity index (χ0v) is 17.2. The van der Waals surface area contributed by atoms with Gasteiger partial charge in [-0.05, 0) is 59.0 Å². The molecule has 0 spiro atoms. The average Bonchev–Trinajstić information content (AvgIpc) is 3.13. The molecule has 0 aromatic carbocycles. The van der Waals surface area contributed by atoms with Crippen molar-refractivity contribution in [3.05, 3.63) is 24.2 Å². The van der Waals surface area contributed by atoms with Gasteiger partial charge in [0.2, 0.25) is 0 Å². The highest BCUT2D eigenvalue weighted by Gasteiger charge is 2.57. The van der Waals surface area contributed by atoms with Gasteiger partial charge in [-0.15, -0.1) is 0 Å². The molecule has 8 nitrogen and oxygen atoms in total. The smallest absolute Gasteiger partial charge is 0.418 e. The van der Waals surface area contributed by atoms with Gasteiger partial charge in [-0.1, -0.05) is 0 Å². The van der Waals surface area contributed by atoms with E-state index in [0.717, 1.165) is 4.90 Å². The van der Waals surface area contributed by atoms with Crippen LogP contribution in [0.25, 0.3) is 0 Å². The van der Waals surface area contributed by atoms with Gasteiger partial charge in [0.25, 0.3) is 5.17 Å². The van der Waals surface area contributed by atoms with Crippen LogP contribution in [0.1, 0.15) is 46.5 Å². The Kier molecular flexibility index (Phi) is 6.50. The molecule has 2 atom stereocenters. The number of rotatable bonds is 6. The van der Waals surface area contributed by atoms with Crippen LogP contribution < -0.4 is 0 Å². The third-order valence-corrected chi connectivity index (χ3v) is 5.99. The molecule has 1 aromatic heterocycles. The first-order valence-corrected chi connectivity index (χ1v) is 10.3. The van der Waals surface area contributed by atoms with Crippen molar-refractivity contribution in [3.63, 3.8) is 0 Å². The van der Waals surface area contributed by atoms with Gasteiger partial charge in [-0.25, -0.2) is 9.69 Å². The second kappa shape index (κ2) is 8.08. The summed E-state index contributed by atoms with van der Waals surface area (Å²) < 4.78 is 40.8. The van der Waals surface area contributed by atoms with Crippen LogP contribution in [0.3, 0.4) is 0 Å². The summed E-state index contributed by atoms with van der Waals surface area (Å²) in [6.07, 6.45) is -0.281. The molecule has 1 amide bonds. The molecular formula is C16H24NO7PS. The molecule has 0 radical (unpaired) electrons. The molecule has 26 heavy (non-hydrogen) atoms. The van der Waals surface area contributed by atoms with E-state index in [2.05, 4.69) is 0 Å². The minimum Gasteiger partial charge on any atom is -0.465 e. The van der Waals surface area contributed by atoms with E-state index >= 15 is 0 Å². The fourth-order valence-corrected chi connectivity index (χ4v) is 4.97. The second-order valence-electron chi connectivity index (χ2n) is 6.46. The molecule has 146 valence electrons. The van der Waals surface area contributed by atoms with Crippen molar-refractivity contribution >= 4 is 31.1 Å². The average molecular weight is 405 g/mol. The zero-order chi connectivity index (χ0) is 19.5. The van der Waals surface area contributed by atoms with Gasteiger partial charge in [0.1, 0.15) is 11.4 Å². The molecule has 0 N–H and O–H groups in total. The molecular weight excluding hydrogens is 381 g/mol. The highest BCUT2D eigenvalue weighted by molar-refractivity contribution is 7.80. The lowest BCUT2D eigenvalue weighted by atomic mass is 10.2. The monoisotopic (exact) mass is 405 g/mol. The minimum atomic E-state index is -3.82. The van der Waals surface area contributed by atoms with Crippen molar-refractivity contribution in [3.8, 4) is 0 Å². The third kappa shape index (κ3) is 4.46. The van der Waals surface area contributed by atoms with Gasteiger partial charge < -0.3 is 22.9 Å². The molecule has 1 aliphatic rings. The lowest BCUT2D eigenvalue weighted by Crippen LogP contribution is -2.43. The van der Waals surface area contributed by atoms with E-state index in [9.17, 15) is 9.36 Å². The Morgan fingerprint density at radius 2 is 1.92 bits per heavy atom. The maximum atomic E-state index is 13.5. The predicted molar refractivity (Wildman–Crippen MR) is 97.9 cm³/mol. The molecule has 1 fully saturated rings. The lowest BCUT2D eigenvalue weighted by molar-refractivity contribution is 0.0337. The molecule has 0 unspecified atom stereocenters. The molecule has 1 aromatic rings. The van der Waals surface area contributed by atoms with E-state index in [1.165, 1.54) is 6.26 Å². The van der Waals surface area contributed by atoms with Crippen molar-refractivity contribution in [2.45, 2.75) is 52.1 Å². The van der Waals surface area contributed by atoms with Gasteiger partial charge in [0.05, 0.1) is 19.5 Å². The van der Waals surface area contributed by atoms with Crippen LogP contribution >= 0.6 is 19.8 Å². The van der Waals surface area contributed by atoms with E-state index in [1.54, 1.807) is 46.8 Å². The van der Waals surface area contributed by atoms with Gasteiger partial charge in [-0.3, -0.25) is 4.57 Å². The Morgan fingerprint density at radius 3 is 2.38 bits per heavy atom. The highest BCUT2D eigenvalue weighted by atomic mass is 32.1. The maximum Gasteiger partial charge on any atom is 0.418 e. The van der Waals surface area contributed by atoms with Crippen LogP contribution in [0.5, 0.6) is 0 Å². The normalized spacial score (nSPS) is 21.0. The Hall–Kier alpha value is -1.41. The molecule has 0 aliphatic carbocycles. The first kappa shape index (κ1) is 20.9. The van der Waals surface area contributed by atoms with Crippen molar-refractivity contribution in [2.75, 3.05) is 13.2 Å². The number of nitrogens with zero attached hydrogens (tertiary/aromatic N) is 1. The van der Waals surface area contributed by atoms with E-state index in [-0.39, 0.29) is 18.4 Å². The first-order valence-electron chi connectivity index (χ1n) is 8.28. The van der Waals surface area contributed by atoms with Crippen molar-refractivity contribution in [1.29, 1.82) is 0 Å². The Labute approximate surface area is 158 Å². The summed E-state index contributed by atoms with van der Waals surface area (Å²) in [6.45, 7) is 8.75. The summed E-state index contributed by atoms with van der Waals surface area (Å²) in [5.41, 5.74) is -0.777. The Bertz CT molecular complexity index is 675. The molecule has 2 rings (SSSR count). The van der Waals surface area contributed by atoms with Gasteiger partial charge in [-0.2, -0.15) is 0 Å². The van der Waals surface area contributed by atoms with E-state index < -0.39 is 31.2 Å². The maximum absolute atomic E-state index is 13.5. The van der Waals surface area contributed by atoms with Crippen LogP contribution in [-0.2, 0) is 23.1 Å². The van der Waals surface area contributed by atoms with Crippen LogP contribution in [0.15, 0.2) is 22.8 Å². The largest absolute Gasteiger partial charge is 0.465 e. The number of hydrogen-bond donors (Lipinski definition) is 0. The quantitative estimate of drug-likeness (QED) is 0.506. The lowest BCUT2D eigenvalue weighted by Gasteiger charge is -2.31. The standard InChI is InChI=1S/C16H24NO7PS/c1-6-21-25(19,22-7-2)13-12(11-9-8-10-20-11)23-15(26)17(13)14(18)24-16(3,4)5/h8-10,12-13H,6-7H2,1-5H3/t12-,13-/m0/s1. The number of thiocarbonyl (C=S) groups is 1. The molecule has 10 heteroatoms. The summed E-state index contributed by atoms with van der Waals surface area (Å²) in [5, 5.41) is -0.176. The number of carbonyl (C=O) groups excluding carboxylic acids is 1. The third-order valence-electron chi connectivity index (χ3n) is 3.32. The fourth-order valence-electron chi connectivity index (χ4n) is 2.48. The summed E-state index contributed by atoms with van der Waals surface area (Å²) in [5.74, 6) is -0.807. The zero-order valence-electron chi connectivity index (χ0n) is 15.5. The molecule has 1 saturated heterocycles. The predicted octanol–water partition coefficient (Wildman–Crippen LogP) is 4.47. The summed E-state index contributed by atoms with van der Waals surface area (Å²) in [4.78, 5) is 13.7. The highest BCUT2D eigenvalue weighted by Crippen LogP contribution is 2.61. The molecule has 0 bridgehead atoms. The van der Waals surface area contributed by atoms with Crippen molar-refractivity contribution in [2.24, 2.45) is 0 Å². The van der Waals surface area contributed by atoms with Crippen molar-refractivity contribution < 1.29 is 32.3 Å². The van der Waals surface area contributed by atoms with Gasteiger partial charge in [0.15, 0.2) is 11.9 Å². The number of ether oxygens (including phenoxy) is 2. The van der Waals surface area contributed by atoms with E-state index in [0.29, 0.717) is 5.76 Å². The minimum absolute atomic E-state index is 0.119. The fraction of sp³-hybridized carbons (Fsp3) is 0.625. The summed E-state index contributed by atoms with van der Waals surface area (Å²) in [6, 6.07) is 3.29. The number of furan rings is 1. The van der Waals surface area contributed by atoms with Crippen LogP contribution in [0.2, 0.25) is 0 Å². The number of carbonyl (C=O) groups is 1. The Balaban J connectivity index is 2.48.